The Balaban J connectivity index is 1.68. The zero-order chi connectivity index (χ0) is 27.1. The minimum atomic E-state index is -4.06. The van der Waals surface area contributed by atoms with Gasteiger partial charge in [0, 0.05) is 22.7 Å². The number of hydrazone groups is 1. The molecule has 0 aliphatic rings. The highest BCUT2D eigenvalue weighted by Gasteiger charge is 2.28. The molecule has 0 heterocycles. The maximum Gasteiger partial charge on any atom is 0.273 e. The van der Waals surface area contributed by atoms with E-state index in [1.807, 2.05) is 6.07 Å². The number of nitro groups is 1. The van der Waals surface area contributed by atoms with E-state index >= 15 is 0 Å². The Morgan fingerprint density at radius 2 is 1.58 bits per heavy atom. The monoisotopic (exact) mass is 548 g/mol. The molecule has 1 amide bonds. The second-order valence-corrected chi connectivity index (χ2v) is 10.3. The lowest BCUT2D eigenvalue weighted by atomic mass is 10.1. The Bertz CT molecular complexity index is 1600. The van der Waals surface area contributed by atoms with Crippen molar-refractivity contribution < 1.29 is 18.1 Å². The molecule has 0 atom stereocenters. The zero-order valence-corrected chi connectivity index (χ0v) is 21.3. The number of nitrogens with zero attached hydrogens (tertiary/aromatic N) is 3. The summed E-state index contributed by atoms with van der Waals surface area (Å²) in [5, 5.41) is 15.1. The van der Waals surface area contributed by atoms with E-state index in [9.17, 15) is 23.3 Å². The average molecular weight is 549 g/mol. The Morgan fingerprint density at radius 3 is 2.26 bits per heavy atom. The maximum absolute atomic E-state index is 13.7. The number of non-ortho nitro benzene ring substituents is 1. The van der Waals surface area contributed by atoms with Crippen LogP contribution in [0.1, 0.15) is 21.5 Å². The van der Waals surface area contributed by atoms with Gasteiger partial charge in [-0.15, -0.1) is 0 Å². The van der Waals surface area contributed by atoms with Crippen molar-refractivity contribution in [2.24, 2.45) is 5.10 Å². The Labute approximate surface area is 224 Å². The summed E-state index contributed by atoms with van der Waals surface area (Å²) in [5.41, 5.74) is 3.33. The number of carbonyl (C=O) groups excluding carboxylic acids is 1. The predicted octanol–water partition coefficient (Wildman–Crippen LogP) is 5.41. The molecule has 0 aliphatic heterocycles. The molecular formula is C27H21ClN4O5S. The number of hydrogen-bond donors (Lipinski definition) is 1. The third-order valence-electron chi connectivity index (χ3n) is 5.48. The van der Waals surface area contributed by atoms with Gasteiger partial charge in [-0.3, -0.25) is 19.2 Å². The average Bonchev–Trinajstić information content (AvgIpc) is 2.93. The number of halogens is 1. The number of para-hydroxylation sites is 1. The molecule has 0 saturated carbocycles. The van der Waals surface area contributed by atoms with Gasteiger partial charge in [0.25, 0.3) is 21.6 Å². The lowest BCUT2D eigenvalue weighted by molar-refractivity contribution is -0.384. The zero-order valence-electron chi connectivity index (χ0n) is 19.8. The molecule has 0 bridgehead atoms. The topological polar surface area (TPSA) is 122 Å². The van der Waals surface area contributed by atoms with E-state index in [-0.39, 0.29) is 39.0 Å². The first-order valence-electron chi connectivity index (χ1n) is 11.3. The van der Waals surface area contributed by atoms with Gasteiger partial charge < -0.3 is 0 Å². The fourth-order valence-corrected chi connectivity index (χ4v) is 5.28. The number of carbonyl (C=O) groups is 1. The van der Waals surface area contributed by atoms with Crippen LogP contribution in [0.5, 0.6) is 0 Å². The van der Waals surface area contributed by atoms with Gasteiger partial charge in [-0.05, 0) is 35.9 Å². The second kappa shape index (κ2) is 11.7. The molecule has 0 aliphatic carbocycles. The standard InChI is InChI=1S/C27H21ClN4O5S/c28-25-16-15-22(32(34)35)17-21(25)18-29-30-27(33)24-13-7-8-14-26(24)31(19-20-9-3-1-4-10-20)38(36,37)23-11-5-2-6-12-23/h1-18H,19H2,(H,30,33)/b29-18-. The van der Waals surface area contributed by atoms with Crippen LogP contribution in [0.3, 0.4) is 0 Å². The maximum atomic E-state index is 13.7. The first kappa shape index (κ1) is 26.5. The van der Waals surface area contributed by atoms with Gasteiger partial charge in [0.1, 0.15) is 0 Å². The summed E-state index contributed by atoms with van der Waals surface area (Å²) in [4.78, 5) is 23.7. The summed E-state index contributed by atoms with van der Waals surface area (Å²) in [7, 11) is -4.06. The van der Waals surface area contributed by atoms with Crippen molar-refractivity contribution >= 4 is 45.1 Å². The highest BCUT2D eigenvalue weighted by atomic mass is 35.5. The SMILES string of the molecule is O=C(N/N=C\c1cc([N+](=O)[O-])ccc1Cl)c1ccccc1N(Cc1ccccc1)S(=O)(=O)c1ccccc1. The van der Waals surface area contributed by atoms with Crippen molar-refractivity contribution in [1.29, 1.82) is 0 Å². The van der Waals surface area contributed by atoms with Crippen molar-refractivity contribution in [2.75, 3.05) is 4.31 Å². The van der Waals surface area contributed by atoms with Gasteiger partial charge in [0.15, 0.2) is 0 Å². The lowest BCUT2D eigenvalue weighted by Gasteiger charge is -2.26. The summed E-state index contributed by atoms with van der Waals surface area (Å²) in [6.45, 7) is -0.0189. The van der Waals surface area contributed by atoms with Gasteiger partial charge in [-0.2, -0.15) is 5.10 Å². The minimum absolute atomic E-state index is 0.0189. The second-order valence-electron chi connectivity index (χ2n) is 7.99. The first-order valence-corrected chi connectivity index (χ1v) is 13.1. The van der Waals surface area contributed by atoms with Crippen LogP contribution < -0.4 is 9.73 Å². The Morgan fingerprint density at radius 1 is 0.947 bits per heavy atom. The van der Waals surface area contributed by atoms with Crippen LogP contribution in [-0.4, -0.2) is 25.5 Å². The largest absolute Gasteiger partial charge is 0.273 e. The molecule has 11 heteroatoms. The Hall–Kier alpha value is -4.54. The number of rotatable bonds is 9. The first-order chi connectivity index (χ1) is 18.3. The van der Waals surface area contributed by atoms with Crippen LogP contribution >= 0.6 is 11.6 Å². The molecule has 192 valence electrons. The summed E-state index contributed by atoms with van der Waals surface area (Å²) in [5.74, 6) is -0.681. The molecule has 4 aromatic rings. The fraction of sp³-hybridized carbons (Fsp3) is 0.0370. The number of hydrogen-bond acceptors (Lipinski definition) is 6. The van der Waals surface area contributed by atoms with Crippen LogP contribution in [0, 0.1) is 10.1 Å². The van der Waals surface area contributed by atoms with E-state index in [0.29, 0.717) is 0 Å². The molecule has 0 fully saturated rings. The van der Waals surface area contributed by atoms with Crippen LogP contribution in [0.15, 0.2) is 113 Å². The van der Waals surface area contributed by atoms with Crippen molar-refractivity contribution in [3.63, 3.8) is 0 Å². The van der Waals surface area contributed by atoms with Crippen molar-refractivity contribution in [3.05, 3.63) is 135 Å². The van der Waals surface area contributed by atoms with E-state index in [1.54, 1.807) is 60.7 Å². The number of benzene rings is 4. The molecule has 38 heavy (non-hydrogen) atoms. The van der Waals surface area contributed by atoms with Crippen molar-refractivity contribution in [1.82, 2.24) is 5.43 Å². The van der Waals surface area contributed by atoms with Gasteiger partial charge in [0.2, 0.25) is 0 Å². The molecule has 0 unspecified atom stereocenters. The molecule has 0 radical (unpaired) electrons. The van der Waals surface area contributed by atoms with E-state index in [2.05, 4.69) is 10.5 Å². The molecule has 0 aromatic heterocycles. The van der Waals surface area contributed by atoms with Crippen LogP contribution in [0.25, 0.3) is 0 Å². The van der Waals surface area contributed by atoms with Gasteiger partial charge in [0.05, 0.1) is 33.8 Å². The molecule has 9 nitrogen and oxygen atoms in total. The summed E-state index contributed by atoms with van der Waals surface area (Å²) in [6, 6.07) is 27.1. The summed E-state index contributed by atoms with van der Waals surface area (Å²) < 4.78 is 28.6. The molecular weight excluding hydrogens is 528 g/mol. The highest BCUT2D eigenvalue weighted by molar-refractivity contribution is 7.92. The van der Waals surface area contributed by atoms with Crippen LogP contribution in [-0.2, 0) is 16.6 Å². The number of anilines is 1. The number of sulfonamides is 1. The lowest BCUT2D eigenvalue weighted by Crippen LogP contribution is -2.33. The molecule has 0 spiro atoms. The molecule has 1 N–H and O–H groups in total. The van der Waals surface area contributed by atoms with Crippen molar-refractivity contribution in [3.8, 4) is 0 Å². The summed E-state index contributed by atoms with van der Waals surface area (Å²) >= 11 is 6.09. The number of nitro benzene ring substituents is 1. The molecule has 0 saturated heterocycles. The third-order valence-corrected chi connectivity index (χ3v) is 7.60. The molecule has 4 aromatic carbocycles. The van der Waals surface area contributed by atoms with Gasteiger partial charge in [-0.1, -0.05) is 72.3 Å². The fourth-order valence-electron chi connectivity index (χ4n) is 3.62. The summed E-state index contributed by atoms with van der Waals surface area (Å²) in [6.07, 6.45) is 1.18. The Kier molecular flexibility index (Phi) is 8.15. The van der Waals surface area contributed by atoms with Gasteiger partial charge >= 0.3 is 0 Å². The quantitative estimate of drug-likeness (QED) is 0.170. The predicted molar refractivity (Wildman–Crippen MR) is 146 cm³/mol. The van der Waals surface area contributed by atoms with E-state index < -0.39 is 20.9 Å². The minimum Gasteiger partial charge on any atom is -0.267 e. The van der Waals surface area contributed by atoms with Crippen LogP contribution in [0.2, 0.25) is 5.02 Å². The number of amides is 1. The number of nitrogens with one attached hydrogen (secondary N) is 1. The van der Waals surface area contributed by atoms with Crippen molar-refractivity contribution in [2.45, 2.75) is 11.4 Å². The van der Waals surface area contributed by atoms with Gasteiger partial charge in [-0.25, -0.2) is 13.8 Å². The van der Waals surface area contributed by atoms with Crippen LogP contribution in [0.4, 0.5) is 11.4 Å². The normalized spacial score (nSPS) is 11.3. The smallest absolute Gasteiger partial charge is 0.267 e. The van der Waals surface area contributed by atoms with E-state index in [1.165, 1.54) is 46.9 Å². The molecule has 4 rings (SSSR count). The highest BCUT2D eigenvalue weighted by Crippen LogP contribution is 2.29. The third kappa shape index (κ3) is 6.05. The van der Waals surface area contributed by atoms with E-state index in [0.717, 1.165) is 5.56 Å². The van der Waals surface area contributed by atoms with E-state index in [4.69, 9.17) is 11.6 Å².